The predicted octanol–water partition coefficient (Wildman–Crippen LogP) is 3.05. The number of halogens is 1. The summed E-state index contributed by atoms with van der Waals surface area (Å²) >= 11 is 6.21. The number of imidazole rings is 1. The minimum atomic E-state index is 0.466. The first-order valence-electron chi connectivity index (χ1n) is 7.40. The molecule has 1 N–H and O–H groups in total. The average molecular weight is 305 g/mol. The molecular weight excluding hydrogens is 284 g/mol. The molecule has 1 aromatic carbocycles. The molecule has 0 saturated heterocycles. The standard InChI is InChI=1S/C16H21ClN4/c1-12(2)19-10-13-3-4-14(17)9-15(13)21-8-7-20-6-5-18-16(20)11-21/h3-6,9,12,19H,7-8,10-11H2,1-2H3. The Labute approximate surface area is 130 Å². The average Bonchev–Trinajstić information content (AvgIpc) is 2.93. The van der Waals surface area contributed by atoms with E-state index in [9.17, 15) is 0 Å². The van der Waals surface area contributed by atoms with Crippen LogP contribution in [0.2, 0.25) is 5.02 Å². The third-order valence-electron chi connectivity index (χ3n) is 3.83. The Morgan fingerprint density at radius 2 is 2.19 bits per heavy atom. The molecule has 0 amide bonds. The van der Waals surface area contributed by atoms with Gasteiger partial charge in [-0.15, -0.1) is 0 Å². The molecule has 1 aliphatic heterocycles. The van der Waals surface area contributed by atoms with Crippen molar-refractivity contribution in [3.05, 3.63) is 47.0 Å². The van der Waals surface area contributed by atoms with Gasteiger partial charge in [0, 0.05) is 48.8 Å². The fourth-order valence-electron chi connectivity index (χ4n) is 2.67. The lowest BCUT2D eigenvalue weighted by Crippen LogP contribution is -2.34. The summed E-state index contributed by atoms with van der Waals surface area (Å²) in [7, 11) is 0. The van der Waals surface area contributed by atoms with E-state index >= 15 is 0 Å². The minimum absolute atomic E-state index is 0.466. The van der Waals surface area contributed by atoms with Crippen LogP contribution in [-0.4, -0.2) is 22.1 Å². The van der Waals surface area contributed by atoms with Gasteiger partial charge in [-0.3, -0.25) is 0 Å². The molecular formula is C16H21ClN4. The molecule has 0 unspecified atom stereocenters. The predicted molar refractivity (Wildman–Crippen MR) is 86.7 cm³/mol. The van der Waals surface area contributed by atoms with Gasteiger partial charge < -0.3 is 14.8 Å². The lowest BCUT2D eigenvalue weighted by molar-refractivity contribution is 0.553. The van der Waals surface area contributed by atoms with E-state index in [1.54, 1.807) is 0 Å². The zero-order chi connectivity index (χ0) is 14.8. The Morgan fingerprint density at radius 3 is 3.00 bits per heavy atom. The summed E-state index contributed by atoms with van der Waals surface area (Å²) in [6.07, 6.45) is 3.92. The van der Waals surface area contributed by atoms with Crippen LogP contribution >= 0.6 is 11.6 Å². The van der Waals surface area contributed by atoms with E-state index < -0.39 is 0 Å². The van der Waals surface area contributed by atoms with Gasteiger partial charge in [-0.1, -0.05) is 31.5 Å². The normalized spacial score (nSPS) is 14.6. The Morgan fingerprint density at radius 1 is 1.33 bits per heavy atom. The Kier molecular flexibility index (Phi) is 4.17. The van der Waals surface area contributed by atoms with Crippen LogP contribution in [0.1, 0.15) is 25.2 Å². The van der Waals surface area contributed by atoms with E-state index in [2.05, 4.69) is 45.7 Å². The number of rotatable bonds is 4. The highest BCUT2D eigenvalue weighted by Gasteiger charge is 2.19. The topological polar surface area (TPSA) is 33.1 Å². The Hall–Kier alpha value is -1.52. The molecule has 1 aromatic heterocycles. The van der Waals surface area contributed by atoms with Gasteiger partial charge in [0.05, 0.1) is 6.54 Å². The number of anilines is 1. The molecule has 2 heterocycles. The van der Waals surface area contributed by atoms with Crippen molar-refractivity contribution < 1.29 is 0 Å². The highest BCUT2D eigenvalue weighted by atomic mass is 35.5. The van der Waals surface area contributed by atoms with Crippen LogP contribution in [0.15, 0.2) is 30.6 Å². The van der Waals surface area contributed by atoms with E-state index in [1.807, 2.05) is 18.5 Å². The van der Waals surface area contributed by atoms with Gasteiger partial charge in [0.1, 0.15) is 5.82 Å². The van der Waals surface area contributed by atoms with E-state index in [0.29, 0.717) is 6.04 Å². The second-order valence-corrected chi connectivity index (χ2v) is 6.20. The molecule has 112 valence electrons. The SMILES string of the molecule is CC(C)NCc1ccc(Cl)cc1N1CCn2ccnc2C1. The number of hydrogen-bond donors (Lipinski definition) is 1. The zero-order valence-corrected chi connectivity index (χ0v) is 13.3. The van der Waals surface area contributed by atoms with Gasteiger partial charge in [-0.05, 0) is 17.7 Å². The van der Waals surface area contributed by atoms with Crippen molar-refractivity contribution in [1.82, 2.24) is 14.9 Å². The van der Waals surface area contributed by atoms with Crippen molar-refractivity contribution in [2.24, 2.45) is 0 Å². The van der Waals surface area contributed by atoms with Crippen molar-refractivity contribution in [3.63, 3.8) is 0 Å². The minimum Gasteiger partial charge on any atom is -0.362 e. The maximum absolute atomic E-state index is 6.21. The molecule has 0 radical (unpaired) electrons. The Balaban J connectivity index is 1.85. The van der Waals surface area contributed by atoms with Crippen LogP contribution in [-0.2, 0) is 19.6 Å². The van der Waals surface area contributed by atoms with E-state index in [4.69, 9.17) is 11.6 Å². The Bertz CT molecular complexity index is 620. The number of aromatic nitrogens is 2. The third-order valence-corrected chi connectivity index (χ3v) is 4.07. The van der Waals surface area contributed by atoms with Gasteiger partial charge in [-0.2, -0.15) is 0 Å². The number of nitrogens with zero attached hydrogens (tertiary/aromatic N) is 3. The van der Waals surface area contributed by atoms with Crippen LogP contribution in [0.5, 0.6) is 0 Å². The number of nitrogens with one attached hydrogen (secondary N) is 1. The van der Waals surface area contributed by atoms with E-state index in [-0.39, 0.29) is 0 Å². The summed E-state index contributed by atoms with van der Waals surface area (Å²) < 4.78 is 2.22. The zero-order valence-electron chi connectivity index (χ0n) is 12.5. The van der Waals surface area contributed by atoms with E-state index in [0.717, 1.165) is 37.0 Å². The van der Waals surface area contributed by atoms with Crippen molar-refractivity contribution >= 4 is 17.3 Å². The molecule has 0 atom stereocenters. The summed E-state index contributed by atoms with van der Waals surface area (Å²) in [5.74, 6) is 1.11. The number of hydrogen-bond acceptors (Lipinski definition) is 3. The number of fused-ring (bicyclic) bond motifs is 1. The first-order valence-corrected chi connectivity index (χ1v) is 7.78. The molecule has 2 aromatic rings. The van der Waals surface area contributed by atoms with Gasteiger partial charge in [0.15, 0.2) is 0 Å². The number of benzene rings is 1. The van der Waals surface area contributed by atoms with Crippen LogP contribution in [0.25, 0.3) is 0 Å². The van der Waals surface area contributed by atoms with Gasteiger partial charge >= 0.3 is 0 Å². The fraction of sp³-hybridized carbons (Fsp3) is 0.438. The van der Waals surface area contributed by atoms with Gasteiger partial charge in [-0.25, -0.2) is 4.98 Å². The lowest BCUT2D eigenvalue weighted by Gasteiger charge is -2.31. The largest absolute Gasteiger partial charge is 0.362 e. The summed E-state index contributed by atoms with van der Waals surface area (Å²) in [6, 6.07) is 6.62. The van der Waals surface area contributed by atoms with Crippen LogP contribution in [0.3, 0.4) is 0 Å². The molecule has 0 fully saturated rings. The molecule has 4 nitrogen and oxygen atoms in total. The molecule has 21 heavy (non-hydrogen) atoms. The molecule has 0 spiro atoms. The molecule has 5 heteroatoms. The monoisotopic (exact) mass is 304 g/mol. The lowest BCUT2D eigenvalue weighted by atomic mass is 10.1. The maximum Gasteiger partial charge on any atom is 0.128 e. The summed E-state index contributed by atoms with van der Waals surface area (Å²) in [5, 5.41) is 4.27. The quantitative estimate of drug-likeness (QED) is 0.942. The summed E-state index contributed by atoms with van der Waals surface area (Å²) in [4.78, 5) is 6.80. The van der Waals surface area contributed by atoms with Crippen molar-refractivity contribution in [3.8, 4) is 0 Å². The smallest absolute Gasteiger partial charge is 0.128 e. The van der Waals surface area contributed by atoms with Crippen molar-refractivity contribution in [1.29, 1.82) is 0 Å². The van der Waals surface area contributed by atoms with E-state index in [1.165, 1.54) is 11.3 Å². The summed E-state index contributed by atoms with van der Waals surface area (Å²) in [6.45, 7) is 7.97. The molecule has 0 saturated carbocycles. The van der Waals surface area contributed by atoms with Crippen LogP contribution < -0.4 is 10.2 Å². The highest BCUT2D eigenvalue weighted by molar-refractivity contribution is 6.30. The summed E-state index contributed by atoms with van der Waals surface area (Å²) in [5.41, 5.74) is 2.50. The molecule has 0 aliphatic carbocycles. The second-order valence-electron chi connectivity index (χ2n) is 5.77. The molecule has 1 aliphatic rings. The van der Waals surface area contributed by atoms with Gasteiger partial charge in [0.25, 0.3) is 0 Å². The maximum atomic E-state index is 6.21. The first kappa shape index (κ1) is 14.4. The molecule has 3 rings (SSSR count). The fourth-order valence-corrected chi connectivity index (χ4v) is 2.84. The van der Waals surface area contributed by atoms with Gasteiger partial charge in [0.2, 0.25) is 0 Å². The van der Waals surface area contributed by atoms with Crippen LogP contribution in [0.4, 0.5) is 5.69 Å². The van der Waals surface area contributed by atoms with Crippen LogP contribution in [0, 0.1) is 0 Å². The second kappa shape index (κ2) is 6.08. The van der Waals surface area contributed by atoms with Crippen molar-refractivity contribution in [2.45, 2.75) is 39.5 Å². The third kappa shape index (κ3) is 3.22. The first-order chi connectivity index (χ1) is 10.1. The highest BCUT2D eigenvalue weighted by Crippen LogP contribution is 2.28. The molecule has 0 bridgehead atoms. The van der Waals surface area contributed by atoms with Crippen molar-refractivity contribution in [2.75, 3.05) is 11.4 Å².